The fourth-order valence-corrected chi connectivity index (χ4v) is 3.74. The predicted molar refractivity (Wildman–Crippen MR) is 85.4 cm³/mol. The first-order chi connectivity index (χ1) is 11.7. The average Bonchev–Trinajstić information content (AvgIpc) is 3.14. The summed E-state index contributed by atoms with van der Waals surface area (Å²) in [5, 5.41) is 27.6. The molecule has 24 heavy (non-hydrogen) atoms. The second kappa shape index (κ2) is 6.01. The first kappa shape index (κ1) is 15.3. The van der Waals surface area contributed by atoms with Crippen molar-refractivity contribution >= 4 is 5.91 Å². The fraction of sp³-hybridized carbons (Fsp3) is 0.625. The summed E-state index contributed by atoms with van der Waals surface area (Å²) < 4.78 is 1.84. The molecule has 0 unspecified atom stereocenters. The van der Waals surface area contributed by atoms with Gasteiger partial charge in [0, 0.05) is 30.3 Å². The highest BCUT2D eigenvalue weighted by Crippen LogP contribution is 2.36. The summed E-state index contributed by atoms with van der Waals surface area (Å²) in [5.41, 5.74) is 2.78. The van der Waals surface area contributed by atoms with E-state index in [-0.39, 0.29) is 24.5 Å². The molecule has 2 heterocycles. The highest BCUT2D eigenvalue weighted by molar-refractivity contribution is 5.94. The number of carbonyl (C=O) groups excluding carboxylic acids is 1. The number of aliphatic hydroxyl groups excluding tert-OH is 1. The number of amides is 1. The molecule has 0 bridgehead atoms. The van der Waals surface area contributed by atoms with Crippen molar-refractivity contribution in [2.45, 2.75) is 57.1 Å². The van der Waals surface area contributed by atoms with Crippen LogP contribution in [0.5, 0.6) is 0 Å². The van der Waals surface area contributed by atoms with Crippen molar-refractivity contribution in [3.05, 3.63) is 28.6 Å². The van der Waals surface area contributed by atoms with Gasteiger partial charge in [-0.25, -0.2) is 0 Å². The molecule has 0 saturated heterocycles. The number of nitrogens with one attached hydrogen (secondary N) is 2. The molecule has 2 aromatic rings. The number of aromatic amines is 1. The van der Waals surface area contributed by atoms with Crippen LogP contribution in [0.2, 0.25) is 0 Å². The Morgan fingerprint density at radius 3 is 2.88 bits per heavy atom. The molecule has 4 rings (SSSR count). The van der Waals surface area contributed by atoms with Crippen molar-refractivity contribution in [2.24, 2.45) is 7.05 Å². The van der Waals surface area contributed by atoms with Crippen molar-refractivity contribution in [2.75, 3.05) is 0 Å². The smallest absolute Gasteiger partial charge is 0.272 e. The molecule has 8 nitrogen and oxygen atoms in total. The molecule has 1 fully saturated rings. The standard InChI is InChI=1S/C16H22N6O2/c1-22-13(8-23)19-21-15(22)9-6-10(7-9)17-16(24)14-11-4-2-3-5-12(11)18-20-14/h9-10,23H,2-8H2,1H3,(H,17,24)(H,18,20). The van der Waals surface area contributed by atoms with E-state index in [0.29, 0.717) is 11.5 Å². The number of aromatic nitrogens is 5. The zero-order valence-corrected chi connectivity index (χ0v) is 13.7. The number of rotatable bonds is 4. The van der Waals surface area contributed by atoms with Gasteiger partial charge < -0.3 is 15.0 Å². The zero-order valence-electron chi connectivity index (χ0n) is 13.7. The van der Waals surface area contributed by atoms with Crippen molar-refractivity contribution in [1.29, 1.82) is 0 Å². The molecule has 0 spiro atoms. The van der Waals surface area contributed by atoms with Gasteiger partial charge in [-0.3, -0.25) is 9.89 Å². The van der Waals surface area contributed by atoms with Crippen LogP contribution in [0, 0.1) is 0 Å². The predicted octanol–water partition coefficient (Wildman–Crippen LogP) is 0.585. The maximum Gasteiger partial charge on any atom is 0.272 e. The summed E-state index contributed by atoms with van der Waals surface area (Å²) in [6, 6.07) is 0.146. The lowest BCUT2D eigenvalue weighted by atomic mass is 9.79. The van der Waals surface area contributed by atoms with Crippen LogP contribution in [-0.2, 0) is 26.5 Å². The zero-order chi connectivity index (χ0) is 16.7. The highest BCUT2D eigenvalue weighted by Gasteiger charge is 2.35. The molecule has 1 saturated carbocycles. The van der Waals surface area contributed by atoms with Gasteiger partial charge in [-0.1, -0.05) is 0 Å². The van der Waals surface area contributed by atoms with E-state index in [1.54, 1.807) is 0 Å². The van der Waals surface area contributed by atoms with Crippen LogP contribution in [0.25, 0.3) is 0 Å². The topological polar surface area (TPSA) is 109 Å². The lowest BCUT2D eigenvalue weighted by Crippen LogP contribution is -2.44. The molecule has 2 aliphatic rings. The van der Waals surface area contributed by atoms with Gasteiger partial charge in [0.1, 0.15) is 12.4 Å². The summed E-state index contributed by atoms with van der Waals surface area (Å²) in [5.74, 6) is 1.65. The van der Waals surface area contributed by atoms with Crippen LogP contribution >= 0.6 is 0 Å². The second-order valence-corrected chi connectivity index (χ2v) is 6.77. The SMILES string of the molecule is Cn1c(CO)nnc1C1CC(NC(=O)c2n[nH]c3c2CCCC3)C1. The summed E-state index contributed by atoms with van der Waals surface area (Å²) in [7, 11) is 1.86. The Morgan fingerprint density at radius 2 is 2.12 bits per heavy atom. The minimum absolute atomic E-state index is 0.0770. The van der Waals surface area contributed by atoms with Crippen LogP contribution in [0.4, 0.5) is 0 Å². The summed E-state index contributed by atoms with van der Waals surface area (Å²) in [6.07, 6.45) is 5.89. The van der Waals surface area contributed by atoms with Crippen LogP contribution in [0.15, 0.2) is 0 Å². The Bertz CT molecular complexity index is 759. The Morgan fingerprint density at radius 1 is 1.33 bits per heavy atom. The van der Waals surface area contributed by atoms with Crippen molar-refractivity contribution in [3.8, 4) is 0 Å². The van der Waals surface area contributed by atoms with E-state index in [1.165, 1.54) is 0 Å². The molecular weight excluding hydrogens is 308 g/mol. The normalized spacial score (nSPS) is 22.8. The van der Waals surface area contributed by atoms with Gasteiger partial charge in [-0.05, 0) is 38.5 Å². The third-order valence-corrected chi connectivity index (χ3v) is 5.25. The second-order valence-electron chi connectivity index (χ2n) is 6.77. The lowest BCUT2D eigenvalue weighted by Gasteiger charge is -2.34. The molecular formula is C16H22N6O2. The van der Waals surface area contributed by atoms with E-state index < -0.39 is 0 Å². The van der Waals surface area contributed by atoms with Gasteiger partial charge in [-0.15, -0.1) is 10.2 Å². The van der Waals surface area contributed by atoms with E-state index in [9.17, 15) is 9.90 Å². The minimum atomic E-state index is -0.110. The van der Waals surface area contributed by atoms with Crippen molar-refractivity contribution in [3.63, 3.8) is 0 Å². The minimum Gasteiger partial charge on any atom is -0.388 e. The third kappa shape index (κ3) is 2.50. The molecule has 0 aromatic carbocycles. The van der Waals surface area contributed by atoms with Crippen LogP contribution in [0.3, 0.4) is 0 Å². The average molecular weight is 330 g/mol. The molecule has 3 N–H and O–H groups in total. The highest BCUT2D eigenvalue weighted by atomic mass is 16.3. The molecule has 2 aliphatic carbocycles. The number of hydrogen-bond acceptors (Lipinski definition) is 5. The first-order valence-electron chi connectivity index (χ1n) is 8.53. The monoisotopic (exact) mass is 330 g/mol. The Hall–Kier alpha value is -2.22. The number of fused-ring (bicyclic) bond motifs is 1. The van der Waals surface area contributed by atoms with Crippen LogP contribution < -0.4 is 5.32 Å². The third-order valence-electron chi connectivity index (χ3n) is 5.25. The summed E-state index contributed by atoms with van der Waals surface area (Å²) in [6.45, 7) is -0.110. The number of hydrogen-bond donors (Lipinski definition) is 3. The maximum atomic E-state index is 12.5. The molecule has 0 aliphatic heterocycles. The molecule has 0 atom stereocenters. The van der Waals surface area contributed by atoms with Gasteiger partial charge in [-0.2, -0.15) is 5.10 Å². The van der Waals surface area contributed by atoms with Gasteiger partial charge in [0.25, 0.3) is 5.91 Å². The quantitative estimate of drug-likeness (QED) is 0.760. The Balaban J connectivity index is 1.37. The number of nitrogens with zero attached hydrogens (tertiary/aromatic N) is 4. The first-order valence-corrected chi connectivity index (χ1v) is 8.53. The van der Waals surface area contributed by atoms with Gasteiger partial charge in [0.2, 0.25) is 0 Å². The van der Waals surface area contributed by atoms with Crippen LogP contribution in [0.1, 0.15) is 65.0 Å². The molecule has 1 amide bonds. The van der Waals surface area contributed by atoms with Crippen LogP contribution in [-0.4, -0.2) is 42.0 Å². The Labute approximate surface area is 139 Å². The summed E-state index contributed by atoms with van der Waals surface area (Å²) >= 11 is 0. The van der Waals surface area contributed by atoms with Crippen molar-refractivity contribution in [1.82, 2.24) is 30.3 Å². The van der Waals surface area contributed by atoms with E-state index in [2.05, 4.69) is 25.7 Å². The van der Waals surface area contributed by atoms with E-state index >= 15 is 0 Å². The molecule has 128 valence electrons. The van der Waals surface area contributed by atoms with E-state index in [4.69, 9.17) is 0 Å². The van der Waals surface area contributed by atoms with Gasteiger partial charge >= 0.3 is 0 Å². The molecule has 0 radical (unpaired) electrons. The van der Waals surface area contributed by atoms with E-state index in [1.807, 2.05) is 11.6 Å². The van der Waals surface area contributed by atoms with Crippen molar-refractivity contribution < 1.29 is 9.90 Å². The Kier molecular flexibility index (Phi) is 3.84. The number of aliphatic hydroxyl groups is 1. The fourth-order valence-electron chi connectivity index (χ4n) is 3.74. The molecule has 8 heteroatoms. The number of aryl methyl sites for hydroxylation is 1. The lowest BCUT2D eigenvalue weighted by molar-refractivity contribution is 0.0900. The summed E-state index contributed by atoms with van der Waals surface area (Å²) in [4.78, 5) is 12.5. The van der Waals surface area contributed by atoms with E-state index in [0.717, 1.165) is 55.6 Å². The van der Waals surface area contributed by atoms with Gasteiger partial charge in [0.15, 0.2) is 11.5 Å². The molecule has 2 aromatic heterocycles. The largest absolute Gasteiger partial charge is 0.388 e. The maximum absolute atomic E-state index is 12.5. The van der Waals surface area contributed by atoms with Gasteiger partial charge in [0.05, 0.1) is 0 Å². The number of carbonyl (C=O) groups is 1. The number of H-pyrrole nitrogens is 1.